The van der Waals surface area contributed by atoms with Gasteiger partial charge in [0.1, 0.15) is 0 Å². The van der Waals surface area contributed by atoms with Crippen LogP contribution in [0.5, 0.6) is 0 Å². The van der Waals surface area contributed by atoms with E-state index in [1.807, 2.05) is 0 Å². The lowest BCUT2D eigenvalue weighted by Gasteiger charge is -2.47. The van der Waals surface area contributed by atoms with E-state index in [1.165, 1.54) is 0 Å². The zero-order valence-electron chi connectivity index (χ0n) is 7.10. The van der Waals surface area contributed by atoms with Gasteiger partial charge in [-0.3, -0.25) is 0 Å². The van der Waals surface area contributed by atoms with E-state index < -0.39 is 35.0 Å². The molecule has 0 aliphatic carbocycles. The van der Waals surface area contributed by atoms with Gasteiger partial charge in [-0.2, -0.15) is 43.9 Å². The van der Waals surface area contributed by atoms with Crippen molar-refractivity contribution in [2.45, 2.75) is 29.9 Å². The van der Waals surface area contributed by atoms with Gasteiger partial charge < -0.3 is 0 Å². The summed E-state index contributed by atoms with van der Waals surface area (Å²) in [6.45, 7) is 0. The fourth-order valence-corrected chi connectivity index (χ4v) is 0.998. The number of nitrogens with zero attached hydrogens (tertiary/aromatic N) is 1. The summed E-state index contributed by atoms with van der Waals surface area (Å²) < 4.78 is 135. The van der Waals surface area contributed by atoms with Crippen LogP contribution in [0.1, 0.15) is 0 Å². The highest BCUT2D eigenvalue weighted by Gasteiger charge is 2.96. The van der Waals surface area contributed by atoms with Crippen LogP contribution in [0.25, 0.3) is 0 Å². The van der Waals surface area contributed by atoms with Crippen molar-refractivity contribution < 1.29 is 48.4 Å². The first kappa shape index (κ1) is 14.3. The fraction of sp³-hybridized carbons (Fsp3) is 1.00. The Kier molecular flexibility index (Phi) is 2.47. The molecule has 1 heterocycles. The molecule has 1 aliphatic heterocycles. The van der Waals surface area contributed by atoms with Gasteiger partial charge in [0.2, 0.25) is 0 Å². The summed E-state index contributed by atoms with van der Waals surface area (Å²) in [6.07, 6.45) is 0. The van der Waals surface area contributed by atoms with Crippen molar-refractivity contribution in [2.24, 2.45) is 0 Å². The minimum atomic E-state index is -7.13. The summed E-state index contributed by atoms with van der Waals surface area (Å²) in [5.74, 6) is -21.2. The summed E-state index contributed by atoms with van der Waals surface area (Å²) in [5, 5.41) is -3.56. The van der Waals surface area contributed by atoms with Crippen LogP contribution in [-0.2, 0) is 0 Å². The minimum absolute atomic E-state index is 3.56. The third kappa shape index (κ3) is 1.19. The zero-order chi connectivity index (χ0) is 14.1. The second-order valence-corrected chi connectivity index (χ2v) is 3.09. The Labute approximate surface area is 84.7 Å². The molecule has 1 fully saturated rings. The minimum Gasteiger partial charge on any atom is -0.192 e. The van der Waals surface area contributed by atoms with Crippen molar-refractivity contribution in [3.63, 3.8) is 0 Å². The average Bonchev–Trinajstić information content (AvgIpc) is 2.13. The summed E-state index contributed by atoms with van der Waals surface area (Å²) in [7, 11) is 0. The molecule has 0 radical (unpaired) electrons. The predicted octanol–water partition coefficient (Wildman–Crippen LogP) is 3.28. The second-order valence-electron chi connectivity index (χ2n) is 3.09. The molecule has 1 nitrogen and oxygen atoms in total. The largest absolute Gasteiger partial charge is 0.404 e. The van der Waals surface area contributed by atoms with Gasteiger partial charge in [-0.15, -0.1) is 4.48 Å². The van der Waals surface area contributed by atoms with Gasteiger partial charge in [0.05, 0.1) is 0 Å². The monoisotopic (exact) mass is 283 g/mol. The van der Waals surface area contributed by atoms with Crippen LogP contribution < -0.4 is 0 Å². The maximum atomic E-state index is 12.3. The molecule has 0 atom stereocenters. The lowest BCUT2D eigenvalue weighted by atomic mass is 9.95. The molecule has 1 saturated heterocycles. The van der Waals surface area contributed by atoms with Crippen molar-refractivity contribution in [1.29, 1.82) is 0 Å². The lowest BCUT2D eigenvalue weighted by molar-refractivity contribution is -0.537. The highest BCUT2D eigenvalue weighted by Crippen LogP contribution is 2.64. The molecule has 0 bridgehead atoms. The molecule has 0 aromatic rings. The van der Waals surface area contributed by atoms with Crippen molar-refractivity contribution in [3.05, 3.63) is 0 Å². The molecule has 0 amide bonds. The molecular formula is C5F11N. The van der Waals surface area contributed by atoms with E-state index in [0.29, 0.717) is 0 Å². The van der Waals surface area contributed by atoms with Crippen LogP contribution in [0.2, 0.25) is 0 Å². The Bertz CT molecular complexity index is 303. The topological polar surface area (TPSA) is 3.24 Å². The highest BCUT2D eigenvalue weighted by atomic mass is 19.4. The highest BCUT2D eigenvalue weighted by molar-refractivity contribution is 5.12. The van der Waals surface area contributed by atoms with Crippen molar-refractivity contribution in [3.8, 4) is 0 Å². The first-order valence-electron chi connectivity index (χ1n) is 3.51. The second kappa shape index (κ2) is 2.95. The van der Waals surface area contributed by atoms with E-state index in [4.69, 9.17) is 0 Å². The lowest BCUT2D eigenvalue weighted by Crippen LogP contribution is -2.80. The predicted molar refractivity (Wildman–Crippen MR) is 27.7 cm³/mol. The van der Waals surface area contributed by atoms with Gasteiger partial charge in [0.15, 0.2) is 0 Å². The molecule has 0 aromatic heterocycles. The van der Waals surface area contributed by atoms with E-state index in [-0.39, 0.29) is 0 Å². The van der Waals surface area contributed by atoms with Crippen LogP contribution in [-0.4, -0.2) is 35.0 Å². The first-order chi connectivity index (χ1) is 7.15. The standard InChI is InChI=1S/C5F11N/c6-1(7)2(8,9)4(12,13)17(16)5(14,15)3(1,10)11. The Morgan fingerprint density at radius 1 is 0.471 bits per heavy atom. The maximum Gasteiger partial charge on any atom is 0.404 e. The summed E-state index contributed by atoms with van der Waals surface area (Å²) in [5.41, 5.74) is 0. The van der Waals surface area contributed by atoms with E-state index in [0.717, 1.165) is 0 Å². The van der Waals surface area contributed by atoms with Crippen LogP contribution in [0.15, 0.2) is 0 Å². The van der Waals surface area contributed by atoms with Crippen LogP contribution in [0.3, 0.4) is 0 Å². The zero-order valence-corrected chi connectivity index (χ0v) is 7.10. The van der Waals surface area contributed by atoms with Crippen LogP contribution >= 0.6 is 0 Å². The molecule has 0 N–H and O–H groups in total. The number of hydrogen-bond donors (Lipinski definition) is 0. The third-order valence-electron chi connectivity index (χ3n) is 2.04. The van der Waals surface area contributed by atoms with Gasteiger partial charge in [-0.1, -0.05) is 0 Å². The SMILES string of the molecule is FN1C(F)(F)C(F)(F)C(F)(F)C(F)(F)C1(F)F. The molecule has 17 heavy (non-hydrogen) atoms. The van der Waals surface area contributed by atoms with E-state index in [1.54, 1.807) is 0 Å². The number of halogens is 11. The van der Waals surface area contributed by atoms with E-state index >= 15 is 0 Å². The fourth-order valence-electron chi connectivity index (χ4n) is 0.998. The Hall–Kier alpha value is -0.810. The van der Waals surface area contributed by atoms with Crippen molar-refractivity contribution in [2.75, 3.05) is 0 Å². The summed E-state index contributed by atoms with van der Waals surface area (Å²) in [4.78, 5) is 0. The van der Waals surface area contributed by atoms with Crippen LogP contribution in [0, 0.1) is 0 Å². The summed E-state index contributed by atoms with van der Waals surface area (Å²) in [6, 6.07) is -13.6. The normalized spacial score (nSPS) is 33.4. The number of piperidine rings is 1. The Morgan fingerprint density at radius 3 is 0.941 bits per heavy atom. The summed E-state index contributed by atoms with van der Waals surface area (Å²) >= 11 is 0. The quantitative estimate of drug-likeness (QED) is 0.374. The molecule has 1 aliphatic rings. The number of hydrogen-bond acceptors (Lipinski definition) is 1. The average molecular weight is 283 g/mol. The molecule has 0 unspecified atom stereocenters. The third-order valence-corrected chi connectivity index (χ3v) is 2.04. The van der Waals surface area contributed by atoms with Gasteiger partial charge in [0.25, 0.3) is 0 Å². The molecule has 0 spiro atoms. The molecule has 0 aromatic carbocycles. The molecular weight excluding hydrogens is 283 g/mol. The van der Waals surface area contributed by atoms with Crippen molar-refractivity contribution in [1.82, 2.24) is 5.12 Å². The molecule has 0 saturated carbocycles. The Balaban J connectivity index is 3.56. The molecule has 1 rings (SSSR count). The van der Waals surface area contributed by atoms with E-state index in [2.05, 4.69) is 0 Å². The first-order valence-corrected chi connectivity index (χ1v) is 3.51. The Morgan fingerprint density at radius 2 is 0.706 bits per heavy atom. The number of rotatable bonds is 0. The van der Waals surface area contributed by atoms with Crippen LogP contribution in [0.4, 0.5) is 48.4 Å². The maximum absolute atomic E-state index is 12.3. The molecule has 102 valence electrons. The van der Waals surface area contributed by atoms with Crippen molar-refractivity contribution >= 4 is 0 Å². The van der Waals surface area contributed by atoms with Gasteiger partial charge >= 0.3 is 29.9 Å². The van der Waals surface area contributed by atoms with E-state index in [9.17, 15) is 48.4 Å². The smallest absolute Gasteiger partial charge is 0.192 e. The van der Waals surface area contributed by atoms with Gasteiger partial charge in [-0.05, 0) is 5.12 Å². The van der Waals surface area contributed by atoms with Gasteiger partial charge in [-0.25, -0.2) is 0 Å². The molecule has 12 heteroatoms. The van der Waals surface area contributed by atoms with Gasteiger partial charge in [0, 0.05) is 0 Å². The number of alkyl halides is 10.